The van der Waals surface area contributed by atoms with Crippen molar-refractivity contribution in [2.75, 3.05) is 6.54 Å². The average molecular weight is 309 g/mol. The number of nitrogens with one attached hydrogen (secondary N) is 1. The van der Waals surface area contributed by atoms with Crippen LogP contribution in [-0.2, 0) is 13.0 Å². The summed E-state index contributed by atoms with van der Waals surface area (Å²) < 4.78 is 5.15. The average Bonchev–Trinajstić information content (AvgIpc) is 2.86. The molecule has 114 valence electrons. The Kier molecular flexibility index (Phi) is 6.46. The molecule has 0 saturated heterocycles. The van der Waals surface area contributed by atoms with Gasteiger partial charge in [0.05, 0.1) is 12.1 Å². The first-order valence-corrected chi connectivity index (χ1v) is 6.71. The van der Waals surface area contributed by atoms with E-state index in [0.29, 0.717) is 24.4 Å². The van der Waals surface area contributed by atoms with Gasteiger partial charge in [0.2, 0.25) is 0 Å². The van der Waals surface area contributed by atoms with Gasteiger partial charge in [-0.05, 0) is 31.9 Å². The lowest BCUT2D eigenvalue weighted by molar-refractivity contribution is 0.0953. The minimum absolute atomic E-state index is 0. The van der Waals surface area contributed by atoms with Gasteiger partial charge in [-0.25, -0.2) is 0 Å². The quantitative estimate of drug-likeness (QED) is 0.892. The first-order chi connectivity index (χ1) is 9.58. The van der Waals surface area contributed by atoms with E-state index < -0.39 is 0 Å². The first-order valence-electron chi connectivity index (χ1n) is 6.71. The van der Waals surface area contributed by atoms with Crippen molar-refractivity contribution in [2.45, 2.75) is 26.8 Å². The largest absolute Gasteiger partial charge is 0.467 e. The maximum Gasteiger partial charge on any atom is 0.254 e. The van der Waals surface area contributed by atoms with Crippen LogP contribution in [0.1, 0.15) is 32.8 Å². The molecule has 1 heterocycles. The number of amides is 1. The number of carbonyl (C=O) groups excluding carboxylic acids is 1. The Morgan fingerprint density at radius 3 is 2.43 bits per heavy atom. The van der Waals surface area contributed by atoms with Gasteiger partial charge in [0, 0.05) is 6.54 Å². The van der Waals surface area contributed by atoms with Gasteiger partial charge >= 0.3 is 0 Å². The van der Waals surface area contributed by atoms with E-state index >= 15 is 0 Å². The highest BCUT2D eigenvalue weighted by Gasteiger charge is 2.08. The van der Waals surface area contributed by atoms with Crippen molar-refractivity contribution in [3.63, 3.8) is 0 Å². The third-order valence-electron chi connectivity index (χ3n) is 3.10. The highest BCUT2D eigenvalue weighted by Crippen LogP contribution is 2.10. The zero-order valence-corrected chi connectivity index (χ0v) is 13.1. The molecule has 0 bridgehead atoms. The van der Waals surface area contributed by atoms with Crippen LogP contribution in [0.15, 0.2) is 34.9 Å². The molecule has 0 fully saturated rings. The maximum atomic E-state index is 11.9. The number of hydrogen-bond acceptors (Lipinski definition) is 3. The summed E-state index contributed by atoms with van der Waals surface area (Å²) in [7, 11) is 0. The van der Waals surface area contributed by atoms with Crippen LogP contribution in [0.2, 0.25) is 0 Å². The second-order valence-electron chi connectivity index (χ2n) is 5.01. The summed E-state index contributed by atoms with van der Waals surface area (Å²) in [6, 6.07) is 8.10. The highest BCUT2D eigenvalue weighted by molar-refractivity contribution is 5.93. The predicted octanol–water partition coefficient (Wildman–Crippen LogP) is 2.75. The van der Waals surface area contributed by atoms with Crippen molar-refractivity contribution in [1.29, 1.82) is 0 Å². The van der Waals surface area contributed by atoms with E-state index in [1.165, 1.54) is 23.0 Å². The van der Waals surface area contributed by atoms with E-state index in [1.807, 2.05) is 0 Å². The van der Waals surface area contributed by atoms with E-state index in [2.05, 4.69) is 37.4 Å². The maximum absolute atomic E-state index is 11.9. The molecule has 0 aliphatic carbocycles. The zero-order valence-electron chi connectivity index (χ0n) is 12.3. The fraction of sp³-hybridized carbons (Fsp3) is 0.312. The molecule has 2 aromatic rings. The Labute approximate surface area is 131 Å². The molecule has 0 saturated carbocycles. The molecule has 0 radical (unpaired) electrons. The number of benzene rings is 1. The zero-order chi connectivity index (χ0) is 14.5. The minimum atomic E-state index is -0.127. The fourth-order valence-electron chi connectivity index (χ4n) is 2.24. The van der Waals surface area contributed by atoms with Gasteiger partial charge in [-0.3, -0.25) is 4.79 Å². The lowest BCUT2D eigenvalue weighted by Gasteiger charge is -2.06. The van der Waals surface area contributed by atoms with Crippen LogP contribution in [0.4, 0.5) is 0 Å². The van der Waals surface area contributed by atoms with Gasteiger partial charge in [0.15, 0.2) is 0 Å². The Morgan fingerprint density at radius 1 is 1.19 bits per heavy atom. The van der Waals surface area contributed by atoms with Crippen LogP contribution in [0, 0.1) is 13.8 Å². The van der Waals surface area contributed by atoms with Crippen molar-refractivity contribution in [1.82, 2.24) is 5.32 Å². The molecule has 1 aromatic heterocycles. The summed E-state index contributed by atoms with van der Waals surface area (Å²) in [5.74, 6) is 0.488. The van der Waals surface area contributed by atoms with Crippen molar-refractivity contribution >= 4 is 18.3 Å². The number of hydrogen-bond donors (Lipinski definition) is 2. The van der Waals surface area contributed by atoms with E-state index in [4.69, 9.17) is 10.2 Å². The van der Waals surface area contributed by atoms with Gasteiger partial charge in [-0.1, -0.05) is 29.3 Å². The number of carbonyl (C=O) groups is 1. The molecule has 2 rings (SSSR count). The Morgan fingerprint density at radius 2 is 1.86 bits per heavy atom. The Bertz CT molecular complexity index is 588. The van der Waals surface area contributed by atoms with Gasteiger partial charge in [0.25, 0.3) is 5.91 Å². The molecule has 21 heavy (non-hydrogen) atoms. The molecular weight excluding hydrogens is 288 g/mol. The standard InChI is InChI=1S/C16H20N2O2.ClH/c1-11-5-12(2)7-13(6-11)3-4-18-16(19)14-8-15(9-17)20-10-14;/h5-8,10H,3-4,9,17H2,1-2H3,(H,18,19);1H. The van der Waals surface area contributed by atoms with Crippen LogP contribution < -0.4 is 11.1 Å². The monoisotopic (exact) mass is 308 g/mol. The summed E-state index contributed by atoms with van der Waals surface area (Å²) in [4.78, 5) is 11.9. The molecule has 0 spiro atoms. The SMILES string of the molecule is Cc1cc(C)cc(CCNC(=O)c2coc(CN)c2)c1.Cl. The topological polar surface area (TPSA) is 68.3 Å². The van der Waals surface area contributed by atoms with Gasteiger partial charge < -0.3 is 15.5 Å². The summed E-state index contributed by atoms with van der Waals surface area (Å²) in [6.07, 6.45) is 2.25. The lowest BCUT2D eigenvalue weighted by atomic mass is 10.1. The van der Waals surface area contributed by atoms with Crippen LogP contribution >= 0.6 is 12.4 Å². The summed E-state index contributed by atoms with van der Waals surface area (Å²) in [6.45, 7) is 5.06. The fourth-order valence-corrected chi connectivity index (χ4v) is 2.24. The lowest BCUT2D eigenvalue weighted by Crippen LogP contribution is -2.25. The third kappa shape index (κ3) is 4.92. The third-order valence-corrected chi connectivity index (χ3v) is 3.10. The highest BCUT2D eigenvalue weighted by atomic mass is 35.5. The second-order valence-corrected chi connectivity index (χ2v) is 5.01. The van der Waals surface area contributed by atoms with Gasteiger partial charge in [-0.15, -0.1) is 12.4 Å². The number of aryl methyl sites for hydroxylation is 2. The molecule has 4 nitrogen and oxygen atoms in total. The van der Waals surface area contributed by atoms with Gasteiger partial charge in [0.1, 0.15) is 12.0 Å². The van der Waals surface area contributed by atoms with Crippen LogP contribution in [0.5, 0.6) is 0 Å². The molecule has 5 heteroatoms. The van der Waals surface area contributed by atoms with E-state index in [1.54, 1.807) is 6.07 Å². The smallest absolute Gasteiger partial charge is 0.254 e. The molecule has 0 unspecified atom stereocenters. The summed E-state index contributed by atoms with van der Waals surface area (Å²) in [5.41, 5.74) is 9.68. The molecule has 0 aliphatic rings. The normalized spacial score (nSPS) is 10.0. The molecule has 0 aliphatic heterocycles. The second kappa shape index (κ2) is 7.86. The van der Waals surface area contributed by atoms with E-state index in [-0.39, 0.29) is 18.3 Å². The summed E-state index contributed by atoms with van der Waals surface area (Å²) >= 11 is 0. The number of rotatable bonds is 5. The number of furan rings is 1. The van der Waals surface area contributed by atoms with Crippen LogP contribution in [-0.4, -0.2) is 12.5 Å². The first kappa shape index (κ1) is 17.3. The Hall–Kier alpha value is -1.78. The Balaban J connectivity index is 0.00000220. The van der Waals surface area contributed by atoms with Gasteiger partial charge in [-0.2, -0.15) is 0 Å². The molecule has 0 atom stereocenters. The number of nitrogens with two attached hydrogens (primary N) is 1. The minimum Gasteiger partial charge on any atom is -0.467 e. The van der Waals surface area contributed by atoms with E-state index in [9.17, 15) is 4.79 Å². The van der Waals surface area contributed by atoms with Crippen molar-refractivity contribution < 1.29 is 9.21 Å². The summed E-state index contributed by atoms with van der Waals surface area (Å²) in [5, 5.41) is 2.88. The van der Waals surface area contributed by atoms with E-state index in [0.717, 1.165) is 6.42 Å². The molecule has 1 amide bonds. The van der Waals surface area contributed by atoms with Crippen LogP contribution in [0.25, 0.3) is 0 Å². The van der Waals surface area contributed by atoms with Crippen molar-refractivity contribution in [2.24, 2.45) is 5.73 Å². The van der Waals surface area contributed by atoms with Crippen LogP contribution in [0.3, 0.4) is 0 Å². The molecule has 3 N–H and O–H groups in total. The van der Waals surface area contributed by atoms with Crippen molar-refractivity contribution in [3.8, 4) is 0 Å². The van der Waals surface area contributed by atoms with Crippen molar-refractivity contribution in [3.05, 3.63) is 58.5 Å². The number of halogens is 1. The predicted molar refractivity (Wildman–Crippen MR) is 85.8 cm³/mol. The molecule has 1 aromatic carbocycles. The molecular formula is C16H21ClN2O2.